The van der Waals surface area contributed by atoms with Gasteiger partial charge in [-0.25, -0.2) is 9.98 Å². The molecule has 7 nitrogen and oxygen atoms in total. The first-order valence-corrected chi connectivity index (χ1v) is 7.92. The predicted octanol–water partition coefficient (Wildman–Crippen LogP) is 2.17. The Morgan fingerprint density at radius 2 is 2.08 bits per heavy atom. The highest BCUT2D eigenvalue weighted by atomic mass is 16.3. The summed E-state index contributed by atoms with van der Waals surface area (Å²) >= 11 is 0. The van der Waals surface area contributed by atoms with Gasteiger partial charge >= 0.3 is 0 Å². The van der Waals surface area contributed by atoms with Gasteiger partial charge in [0.2, 0.25) is 5.95 Å². The van der Waals surface area contributed by atoms with E-state index in [1.54, 1.807) is 32.3 Å². The van der Waals surface area contributed by atoms with Crippen LogP contribution >= 0.6 is 0 Å². The summed E-state index contributed by atoms with van der Waals surface area (Å²) in [6.07, 6.45) is 2.66. The molecule has 0 aliphatic rings. The first-order valence-electron chi connectivity index (χ1n) is 7.92. The van der Waals surface area contributed by atoms with Gasteiger partial charge in [-0.15, -0.1) is 0 Å². The number of nitrogens with zero attached hydrogens (tertiary/aromatic N) is 4. The first kappa shape index (κ1) is 17.8. The van der Waals surface area contributed by atoms with Crippen molar-refractivity contribution in [3.8, 4) is 0 Å². The molecule has 0 unspecified atom stereocenters. The number of amides is 1. The number of hydrogen-bond donors (Lipinski definition) is 2. The third-order valence-corrected chi connectivity index (χ3v) is 3.61. The van der Waals surface area contributed by atoms with Crippen LogP contribution in [0.3, 0.4) is 0 Å². The minimum atomic E-state index is -0.122. The molecule has 1 aromatic carbocycles. The number of nitrogens with two attached hydrogens (primary N) is 1. The zero-order valence-electron chi connectivity index (χ0n) is 14.3. The highest BCUT2D eigenvalue weighted by molar-refractivity contribution is 6.00. The number of carbonyl (C=O) groups excluding carboxylic acids is 1. The number of hydrogen-bond acceptors (Lipinski definition) is 6. The van der Waals surface area contributed by atoms with Crippen LogP contribution in [0, 0.1) is 0 Å². The molecule has 0 fully saturated rings. The molecule has 0 bridgehead atoms. The van der Waals surface area contributed by atoms with Crippen LogP contribution < -0.4 is 5.73 Å². The molecule has 1 amide bonds. The van der Waals surface area contributed by atoms with Gasteiger partial charge in [-0.2, -0.15) is 4.98 Å². The number of unbranched alkanes of at least 4 members (excludes halogenated alkanes) is 1. The highest BCUT2D eigenvalue weighted by Gasteiger charge is 2.12. The van der Waals surface area contributed by atoms with Gasteiger partial charge in [0.15, 0.2) is 5.82 Å². The van der Waals surface area contributed by atoms with E-state index in [4.69, 9.17) is 5.73 Å². The number of aliphatic imine (C=N–C) groups is 1. The standard InChI is InChI=1S/C17H23N5O2/c1-4-5-6-12(10-23)19-15-13-8-7-11(16(24)22(2)3)9-14(13)20-17(18)21-15/h7-9,23H,4-6,10H2,1-3H3,(H2,18,20,21)/b19-12+. The summed E-state index contributed by atoms with van der Waals surface area (Å²) in [6, 6.07) is 5.16. The van der Waals surface area contributed by atoms with E-state index in [1.807, 2.05) is 0 Å². The molecule has 0 saturated heterocycles. The van der Waals surface area contributed by atoms with Crippen molar-refractivity contribution < 1.29 is 9.90 Å². The van der Waals surface area contributed by atoms with E-state index in [2.05, 4.69) is 21.9 Å². The average molecular weight is 329 g/mol. The predicted molar refractivity (Wildman–Crippen MR) is 95.7 cm³/mol. The van der Waals surface area contributed by atoms with Crippen molar-refractivity contribution in [3.05, 3.63) is 23.8 Å². The van der Waals surface area contributed by atoms with E-state index in [0.717, 1.165) is 12.8 Å². The zero-order chi connectivity index (χ0) is 17.7. The molecular formula is C17H23N5O2. The molecule has 0 radical (unpaired) electrons. The van der Waals surface area contributed by atoms with E-state index in [0.29, 0.717) is 34.4 Å². The Bertz CT molecular complexity index is 771. The lowest BCUT2D eigenvalue weighted by molar-refractivity contribution is 0.0827. The van der Waals surface area contributed by atoms with Crippen molar-refractivity contribution in [1.82, 2.24) is 14.9 Å². The second-order valence-electron chi connectivity index (χ2n) is 5.78. The molecule has 2 rings (SSSR count). The van der Waals surface area contributed by atoms with E-state index < -0.39 is 0 Å². The zero-order valence-corrected chi connectivity index (χ0v) is 14.3. The highest BCUT2D eigenvalue weighted by Crippen LogP contribution is 2.25. The fourth-order valence-corrected chi connectivity index (χ4v) is 2.31. The quantitative estimate of drug-likeness (QED) is 0.790. The van der Waals surface area contributed by atoms with E-state index in [1.165, 1.54) is 4.90 Å². The maximum atomic E-state index is 12.1. The smallest absolute Gasteiger partial charge is 0.253 e. The Morgan fingerprint density at radius 3 is 2.71 bits per heavy atom. The number of aliphatic hydroxyl groups is 1. The number of benzene rings is 1. The fourth-order valence-electron chi connectivity index (χ4n) is 2.31. The van der Waals surface area contributed by atoms with Gasteiger partial charge in [0.25, 0.3) is 5.91 Å². The number of rotatable bonds is 6. The lowest BCUT2D eigenvalue weighted by Crippen LogP contribution is -2.21. The summed E-state index contributed by atoms with van der Waals surface area (Å²) in [5.41, 5.74) is 7.52. The van der Waals surface area contributed by atoms with E-state index in [-0.39, 0.29) is 18.5 Å². The van der Waals surface area contributed by atoms with Gasteiger partial charge in [-0.3, -0.25) is 4.79 Å². The van der Waals surface area contributed by atoms with E-state index >= 15 is 0 Å². The van der Waals surface area contributed by atoms with Gasteiger partial charge in [0.05, 0.1) is 12.1 Å². The second kappa shape index (κ2) is 7.83. The summed E-state index contributed by atoms with van der Waals surface area (Å²) in [7, 11) is 3.38. The molecule has 0 aliphatic heterocycles. The Kier molecular flexibility index (Phi) is 5.81. The van der Waals surface area contributed by atoms with Gasteiger partial charge in [0.1, 0.15) is 0 Å². The summed E-state index contributed by atoms with van der Waals surface area (Å²) in [5, 5.41) is 10.2. The van der Waals surface area contributed by atoms with Crippen LogP contribution in [0.15, 0.2) is 23.2 Å². The topological polar surface area (TPSA) is 105 Å². The minimum Gasteiger partial charge on any atom is -0.390 e. The third kappa shape index (κ3) is 4.05. The molecule has 128 valence electrons. The molecule has 0 spiro atoms. The molecule has 1 aromatic heterocycles. The minimum absolute atomic E-state index is 0.0866. The van der Waals surface area contributed by atoms with Crippen molar-refractivity contribution in [2.24, 2.45) is 4.99 Å². The SMILES string of the molecule is CCCC/C(CO)=N\c1nc(N)nc2cc(C(=O)N(C)C)ccc12. The van der Waals surface area contributed by atoms with Crippen molar-refractivity contribution in [1.29, 1.82) is 0 Å². The monoisotopic (exact) mass is 329 g/mol. The van der Waals surface area contributed by atoms with Crippen molar-refractivity contribution in [3.63, 3.8) is 0 Å². The lowest BCUT2D eigenvalue weighted by Gasteiger charge is -2.11. The Hall–Kier alpha value is -2.54. The molecule has 24 heavy (non-hydrogen) atoms. The molecule has 0 atom stereocenters. The number of anilines is 1. The number of aromatic nitrogens is 2. The van der Waals surface area contributed by atoms with Crippen LogP contribution in [-0.4, -0.2) is 52.3 Å². The van der Waals surface area contributed by atoms with Crippen molar-refractivity contribution >= 4 is 34.3 Å². The number of nitrogen functional groups attached to an aromatic ring is 1. The first-order chi connectivity index (χ1) is 11.5. The molecule has 1 heterocycles. The lowest BCUT2D eigenvalue weighted by atomic mass is 10.1. The maximum Gasteiger partial charge on any atom is 0.253 e. The van der Waals surface area contributed by atoms with Gasteiger partial charge < -0.3 is 15.7 Å². The summed E-state index contributed by atoms with van der Waals surface area (Å²) < 4.78 is 0. The number of aliphatic hydroxyl groups excluding tert-OH is 1. The van der Waals surface area contributed by atoms with Crippen LogP contribution in [0.2, 0.25) is 0 Å². The molecule has 0 saturated carbocycles. The van der Waals surface area contributed by atoms with Crippen LogP contribution in [-0.2, 0) is 0 Å². The van der Waals surface area contributed by atoms with Crippen molar-refractivity contribution in [2.45, 2.75) is 26.2 Å². The average Bonchev–Trinajstić information content (AvgIpc) is 2.56. The molecular weight excluding hydrogens is 306 g/mol. The Labute approximate surface area is 141 Å². The molecule has 3 N–H and O–H groups in total. The fraction of sp³-hybridized carbons (Fsp3) is 0.412. The Morgan fingerprint density at radius 1 is 1.33 bits per heavy atom. The van der Waals surface area contributed by atoms with Crippen LogP contribution in [0.4, 0.5) is 11.8 Å². The summed E-state index contributed by atoms with van der Waals surface area (Å²) in [6.45, 7) is 1.96. The van der Waals surface area contributed by atoms with Crippen molar-refractivity contribution in [2.75, 3.05) is 26.4 Å². The van der Waals surface area contributed by atoms with E-state index in [9.17, 15) is 9.90 Å². The number of fused-ring (bicyclic) bond motifs is 1. The summed E-state index contributed by atoms with van der Waals surface area (Å²) in [5.74, 6) is 0.392. The van der Waals surface area contributed by atoms with Gasteiger partial charge in [-0.05, 0) is 31.0 Å². The van der Waals surface area contributed by atoms with Crippen LogP contribution in [0.1, 0.15) is 36.5 Å². The third-order valence-electron chi connectivity index (χ3n) is 3.61. The van der Waals surface area contributed by atoms with Gasteiger partial charge in [0, 0.05) is 30.8 Å². The van der Waals surface area contributed by atoms with Gasteiger partial charge in [-0.1, -0.05) is 13.3 Å². The number of carbonyl (C=O) groups is 1. The van der Waals surface area contributed by atoms with Crippen LogP contribution in [0.5, 0.6) is 0 Å². The molecule has 0 aliphatic carbocycles. The Balaban J connectivity index is 2.51. The summed E-state index contributed by atoms with van der Waals surface area (Å²) in [4.78, 5) is 26.4. The molecule has 2 aromatic rings. The molecule has 7 heteroatoms. The maximum absolute atomic E-state index is 12.1. The second-order valence-corrected chi connectivity index (χ2v) is 5.78. The normalized spacial score (nSPS) is 11.8. The van der Waals surface area contributed by atoms with Crippen LogP contribution in [0.25, 0.3) is 10.9 Å². The largest absolute Gasteiger partial charge is 0.390 e.